The number of nitrogens with zero attached hydrogens (tertiary/aromatic N) is 2. The van der Waals surface area contributed by atoms with Gasteiger partial charge in [-0.25, -0.2) is 4.98 Å². The number of aromatic amines is 1. The number of anilines is 1. The van der Waals surface area contributed by atoms with E-state index in [-0.39, 0.29) is 11.5 Å². The second-order valence-corrected chi connectivity index (χ2v) is 7.58. The lowest BCUT2D eigenvalue weighted by molar-refractivity contribution is 0.102. The van der Waals surface area contributed by atoms with Gasteiger partial charge in [-0.3, -0.25) is 14.2 Å². The summed E-state index contributed by atoms with van der Waals surface area (Å²) in [6, 6.07) is 10.8. The van der Waals surface area contributed by atoms with Gasteiger partial charge in [0.15, 0.2) is 0 Å². The van der Waals surface area contributed by atoms with Crippen LogP contribution >= 0.6 is 11.6 Å². The molecule has 2 aromatic heterocycles. The molecule has 0 unspecified atom stereocenters. The molecular formula is C21H17ClN4O2. The number of halogens is 1. The van der Waals surface area contributed by atoms with Crippen LogP contribution in [0.4, 0.5) is 5.69 Å². The first-order valence-corrected chi connectivity index (χ1v) is 9.51. The summed E-state index contributed by atoms with van der Waals surface area (Å²) in [4.78, 5) is 33.3. The number of aromatic nitrogens is 3. The van der Waals surface area contributed by atoms with Crippen molar-refractivity contribution in [3.05, 3.63) is 68.9 Å². The molecule has 5 rings (SSSR count). The molecule has 0 bridgehead atoms. The molecule has 2 aromatic carbocycles. The summed E-state index contributed by atoms with van der Waals surface area (Å²) < 4.78 is 1.73. The van der Waals surface area contributed by atoms with E-state index in [4.69, 9.17) is 11.6 Å². The molecular weight excluding hydrogens is 376 g/mol. The summed E-state index contributed by atoms with van der Waals surface area (Å²) in [6.45, 7) is 2.59. The standard InChI is InChI=1S/C21H17ClN4O2/c1-11-7-17-14(21(28)26-6-2-3-19(26)24-17)10-16(11)25-20(27)18-9-12-8-13(22)4-5-15(12)23-18/h4-5,7-10,23H,2-3,6H2,1H3,(H,25,27). The first-order chi connectivity index (χ1) is 13.5. The fourth-order valence-electron chi connectivity index (χ4n) is 3.79. The summed E-state index contributed by atoms with van der Waals surface area (Å²) in [5.41, 5.74) is 3.35. The summed E-state index contributed by atoms with van der Waals surface area (Å²) in [5.74, 6) is 0.564. The third kappa shape index (κ3) is 2.68. The number of H-pyrrole nitrogens is 1. The van der Waals surface area contributed by atoms with Crippen LogP contribution in [0.5, 0.6) is 0 Å². The molecule has 0 saturated carbocycles. The summed E-state index contributed by atoms with van der Waals surface area (Å²) in [5, 5.41) is 4.91. The number of nitrogens with one attached hydrogen (secondary N) is 2. The van der Waals surface area contributed by atoms with Crippen LogP contribution < -0.4 is 10.9 Å². The van der Waals surface area contributed by atoms with Crippen molar-refractivity contribution in [2.75, 3.05) is 5.32 Å². The Morgan fingerprint density at radius 3 is 2.96 bits per heavy atom. The van der Waals surface area contributed by atoms with Crippen LogP contribution in [0.25, 0.3) is 21.8 Å². The first kappa shape index (κ1) is 17.0. The smallest absolute Gasteiger partial charge is 0.272 e. The fourth-order valence-corrected chi connectivity index (χ4v) is 3.97. The molecule has 140 valence electrons. The van der Waals surface area contributed by atoms with Crippen molar-refractivity contribution in [2.45, 2.75) is 26.3 Å². The normalized spacial score (nSPS) is 13.2. The monoisotopic (exact) mass is 392 g/mol. The molecule has 1 amide bonds. The molecule has 0 fully saturated rings. The number of fused-ring (bicyclic) bond motifs is 3. The predicted molar refractivity (Wildman–Crippen MR) is 110 cm³/mol. The van der Waals surface area contributed by atoms with Crippen LogP contribution in [0.3, 0.4) is 0 Å². The predicted octanol–water partition coefficient (Wildman–Crippen LogP) is 4.04. The Kier molecular flexibility index (Phi) is 3.77. The zero-order valence-corrected chi connectivity index (χ0v) is 15.9. The Hall–Kier alpha value is -3.12. The zero-order valence-electron chi connectivity index (χ0n) is 15.2. The van der Waals surface area contributed by atoms with E-state index in [1.165, 1.54) is 0 Å². The zero-order chi connectivity index (χ0) is 19.4. The van der Waals surface area contributed by atoms with Crippen LogP contribution in [-0.4, -0.2) is 20.4 Å². The van der Waals surface area contributed by atoms with Crippen molar-refractivity contribution in [3.63, 3.8) is 0 Å². The van der Waals surface area contributed by atoms with Crippen LogP contribution in [-0.2, 0) is 13.0 Å². The number of amides is 1. The van der Waals surface area contributed by atoms with Crippen molar-refractivity contribution >= 4 is 45.0 Å². The number of aryl methyl sites for hydroxylation is 2. The molecule has 0 atom stereocenters. The van der Waals surface area contributed by atoms with Gasteiger partial charge in [-0.15, -0.1) is 0 Å². The van der Waals surface area contributed by atoms with Gasteiger partial charge in [0.2, 0.25) is 0 Å². The van der Waals surface area contributed by atoms with E-state index >= 15 is 0 Å². The second kappa shape index (κ2) is 6.21. The SMILES string of the molecule is Cc1cc2nc3n(c(=O)c2cc1NC(=O)c1cc2cc(Cl)ccc2[nH]1)CCC3. The maximum atomic E-state index is 12.8. The van der Waals surface area contributed by atoms with E-state index in [1.54, 1.807) is 28.8 Å². The molecule has 1 aliphatic heterocycles. The van der Waals surface area contributed by atoms with E-state index in [2.05, 4.69) is 15.3 Å². The molecule has 28 heavy (non-hydrogen) atoms. The molecule has 0 radical (unpaired) electrons. The van der Waals surface area contributed by atoms with Crippen molar-refractivity contribution < 1.29 is 4.79 Å². The molecule has 3 heterocycles. The third-order valence-corrected chi connectivity index (χ3v) is 5.47. The van der Waals surface area contributed by atoms with Gasteiger partial charge >= 0.3 is 0 Å². The van der Waals surface area contributed by atoms with Gasteiger partial charge in [-0.1, -0.05) is 11.6 Å². The van der Waals surface area contributed by atoms with E-state index in [0.29, 0.717) is 33.9 Å². The number of carbonyl (C=O) groups is 1. The quantitative estimate of drug-likeness (QED) is 0.540. The van der Waals surface area contributed by atoms with Crippen LogP contribution in [0.1, 0.15) is 28.3 Å². The highest BCUT2D eigenvalue weighted by Crippen LogP contribution is 2.24. The summed E-state index contributed by atoms with van der Waals surface area (Å²) >= 11 is 6.02. The van der Waals surface area contributed by atoms with E-state index in [9.17, 15) is 9.59 Å². The minimum atomic E-state index is -0.274. The number of hydrogen-bond donors (Lipinski definition) is 2. The highest BCUT2D eigenvalue weighted by Gasteiger charge is 2.18. The maximum absolute atomic E-state index is 12.8. The Bertz CT molecular complexity index is 1340. The van der Waals surface area contributed by atoms with Crippen molar-refractivity contribution in [1.82, 2.24) is 14.5 Å². The number of carbonyl (C=O) groups excluding carboxylic acids is 1. The van der Waals surface area contributed by atoms with Gasteiger partial charge in [0, 0.05) is 34.6 Å². The highest BCUT2D eigenvalue weighted by atomic mass is 35.5. The average molecular weight is 393 g/mol. The van der Waals surface area contributed by atoms with Gasteiger partial charge < -0.3 is 10.3 Å². The number of hydrogen-bond acceptors (Lipinski definition) is 3. The van der Waals surface area contributed by atoms with Gasteiger partial charge in [0.05, 0.1) is 10.9 Å². The van der Waals surface area contributed by atoms with Crippen molar-refractivity contribution in [3.8, 4) is 0 Å². The van der Waals surface area contributed by atoms with Gasteiger partial charge in [-0.2, -0.15) is 0 Å². The van der Waals surface area contributed by atoms with Gasteiger partial charge in [-0.05, 0) is 55.3 Å². The van der Waals surface area contributed by atoms with Crippen molar-refractivity contribution in [2.24, 2.45) is 0 Å². The van der Waals surface area contributed by atoms with Crippen LogP contribution in [0.15, 0.2) is 41.2 Å². The van der Waals surface area contributed by atoms with Crippen molar-refractivity contribution in [1.29, 1.82) is 0 Å². The highest BCUT2D eigenvalue weighted by molar-refractivity contribution is 6.31. The maximum Gasteiger partial charge on any atom is 0.272 e. The number of benzene rings is 2. The Morgan fingerprint density at radius 1 is 1.25 bits per heavy atom. The lowest BCUT2D eigenvalue weighted by Crippen LogP contribution is -2.21. The molecule has 6 nitrogen and oxygen atoms in total. The minimum absolute atomic E-state index is 0.0479. The topological polar surface area (TPSA) is 79.8 Å². The third-order valence-electron chi connectivity index (χ3n) is 5.24. The summed E-state index contributed by atoms with van der Waals surface area (Å²) in [6.07, 6.45) is 1.76. The molecule has 1 aliphatic rings. The average Bonchev–Trinajstić information content (AvgIpc) is 3.29. The fraction of sp³-hybridized carbons (Fsp3) is 0.190. The van der Waals surface area contributed by atoms with E-state index < -0.39 is 0 Å². The number of rotatable bonds is 2. The lowest BCUT2D eigenvalue weighted by atomic mass is 10.1. The molecule has 0 aliphatic carbocycles. The van der Waals surface area contributed by atoms with E-state index in [0.717, 1.165) is 35.1 Å². The second-order valence-electron chi connectivity index (χ2n) is 7.14. The Balaban J connectivity index is 1.54. The molecule has 2 N–H and O–H groups in total. The van der Waals surface area contributed by atoms with Gasteiger partial charge in [0.1, 0.15) is 11.5 Å². The first-order valence-electron chi connectivity index (χ1n) is 9.13. The molecule has 0 saturated heterocycles. The Labute approximate surface area is 165 Å². The molecule has 7 heteroatoms. The minimum Gasteiger partial charge on any atom is -0.351 e. The van der Waals surface area contributed by atoms with Gasteiger partial charge in [0.25, 0.3) is 11.5 Å². The van der Waals surface area contributed by atoms with Crippen LogP contribution in [0, 0.1) is 6.92 Å². The Morgan fingerprint density at radius 2 is 2.11 bits per heavy atom. The largest absolute Gasteiger partial charge is 0.351 e. The molecule has 0 spiro atoms. The lowest BCUT2D eigenvalue weighted by Gasteiger charge is -2.11. The van der Waals surface area contributed by atoms with Crippen LogP contribution in [0.2, 0.25) is 5.02 Å². The van der Waals surface area contributed by atoms with E-state index in [1.807, 2.05) is 19.1 Å². The molecule has 4 aromatic rings. The summed E-state index contributed by atoms with van der Waals surface area (Å²) in [7, 11) is 0.